The van der Waals surface area contributed by atoms with Gasteiger partial charge in [-0.15, -0.1) is 0 Å². The number of ether oxygens (including phenoxy) is 3. The van der Waals surface area contributed by atoms with Crippen molar-refractivity contribution in [2.24, 2.45) is 0 Å². The zero-order chi connectivity index (χ0) is 24.2. The van der Waals surface area contributed by atoms with Crippen molar-refractivity contribution in [3.63, 3.8) is 0 Å². The van der Waals surface area contributed by atoms with Crippen LogP contribution in [0.1, 0.15) is 20.8 Å². The lowest BCUT2D eigenvalue weighted by molar-refractivity contribution is 0.0278. The number of nitrogens with one attached hydrogen (secondary N) is 1. The molecule has 1 N–H and O–H groups in total. The molecule has 8 nitrogen and oxygen atoms in total. The highest BCUT2D eigenvalue weighted by Crippen LogP contribution is 2.35. The van der Waals surface area contributed by atoms with Gasteiger partial charge < -0.3 is 24.4 Å². The standard InChI is InChI=1S/C23H26ClFN4O4/c1-23(2,3)33-22(30)29(4)8-9-32-20-12-18-15(11-19(20)31-5)21(27-13-26-18)28-17-7-6-14(24)10-16(17)25/h6-7,10-13H,8-9H2,1-5H3,(H,26,27,28). The number of hydrogen-bond donors (Lipinski definition) is 1. The molecule has 0 unspecified atom stereocenters. The fourth-order valence-electron chi connectivity index (χ4n) is 2.88. The van der Waals surface area contributed by atoms with E-state index in [0.29, 0.717) is 39.8 Å². The summed E-state index contributed by atoms with van der Waals surface area (Å²) in [6.07, 6.45) is 0.930. The Morgan fingerprint density at radius 2 is 1.94 bits per heavy atom. The molecule has 0 aliphatic carbocycles. The molecule has 2 aromatic carbocycles. The molecule has 3 rings (SSSR count). The van der Waals surface area contributed by atoms with Gasteiger partial charge in [-0.1, -0.05) is 11.6 Å². The Morgan fingerprint density at radius 1 is 1.18 bits per heavy atom. The highest BCUT2D eigenvalue weighted by molar-refractivity contribution is 6.30. The van der Waals surface area contributed by atoms with Crippen molar-refractivity contribution in [1.82, 2.24) is 14.9 Å². The van der Waals surface area contributed by atoms with Gasteiger partial charge in [-0.05, 0) is 45.0 Å². The fourth-order valence-corrected chi connectivity index (χ4v) is 3.04. The number of methoxy groups -OCH3 is 1. The number of anilines is 2. The second kappa shape index (κ2) is 10.1. The van der Waals surface area contributed by atoms with E-state index >= 15 is 0 Å². The Kier molecular flexibility index (Phi) is 7.43. The molecule has 33 heavy (non-hydrogen) atoms. The lowest BCUT2D eigenvalue weighted by atomic mass is 10.2. The molecule has 176 valence electrons. The number of fused-ring (bicyclic) bond motifs is 1. The normalized spacial score (nSPS) is 11.2. The zero-order valence-electron chi connectivity index (χ0n) is 19.1. The highest BCUT2D eigenvalue weighted by Gasteiger charge is 2.20. The Bertz CT molecular complexity index is 1150. The second-order valence-corrected chi connectivity index (χ2v) is 8.68. The first-order valence-electron chi connectivity index (χ1n) is 10.2. The molecule has 0 fully saturated rings. The SMILES string of the molecule is COc1cc2c(Nc3ccc(Cl)cc3F)ncnc2cc1OCCN(C)C(=O)OC(C)(C)C. The van der Waals surface area contributed by atoms with Crippen molar-refractivity contribution in [1.29, 1.82) is 0 Å². The Labute approximate surface area is 196 Å². The topological polar surface area (TPSA) is 85.8 Å². The maximum Gasteiger partial charge on any atom is 0.410 e. The molecule has 0 atom stereocenters. The van der Waals surface area contributed by atoms with Crippen LogP contribution in [0, 0.1) is 5.82 Å². The van der Waals surface area contributed by atoms with E-state index in [1.54, 1.807) is 25.2 Å². The number of likely N-dealkylation sites (N-methyl/N-ethyl adjacent to an activating group) is 1. The van der Waals surface area contributed by atoms with Crippen LogP contribution in [0.3, 0.4) is 0 Å². The van der Waals surface area contributed by atoms with Gasteiger partial charge >= 0.3 is 6.09 Å². The van der Waals surface area contributed by atoms with Gasteiger partial charge in [-0.25, -0.2) is 19.2 Å². The summed E-state index contributed by atoms with van der Waals surface area (Å²) >= 11 is 5.83. The predicted molar refractivity (Wildman–Crippen MR) is 125 cm³/mol. The molecule has 10 heteroatoms. The molecule has 1 heterocycles. The van der Waals surface area contributed by atoms with Crippen LogP contribution < -0.4 is 14.8 Å². The lowest BCUT2D eigenvalue weighted by Crippen LogP contribution is -2.36. The van der Waals surface area contributed by atoms with Crippen molar-refractivity contribution in [3.05, 3.63) is 47.5 Å². The average molecular weight is 477 g/mol. The average Bonchev–Trinajstić information content (AvgIpc) is 2.74. The summed E-state index contributed by atoms with van der Waals surface area (Å²) in [6.45, 7) is 5.94. The Hall–Kier alpha value is -3.33. The Morgan fingerprint density at radius 3 is 2.61 bits per heavy atom. The number of carbonyl (C=O) groups excluding carboxylic acids is 1. The minimum atomic E-state index is -0.575. The number of amides is 1. The lowest BCUT2D eigenvalue weighted by Gasteiger charge is -2.24. The summed E-state index contributed by atoms with van der Waals surface area (Å²) in [5.41, 5.74) is 0.218. The van der Waals surface area contributed by atoms with Crippen molar-refractivity contribution in [2.45, 2.75) is 26.4 Å². The van der Waals surface area contributed by atoms with E-state index in [2.05, 4.69) is 15.3 Å². The third kappa shape index (κ3) is 6.35. The number of carbonyl (C=O) groups is 1. The molecule has 0 aliphatic heterocycles. The van der Waals surface area contributed by atoms with E-state index in [-0.39, 0.29) is 12.3 Å². The maximum atomic E-state index is 14.2. The van der Waals surface area contributed by atoms with Gasteiger partial charge in [-0.2, -0.15) is 0 Å². The third-order valence-corrected chi connectivity index (χ3v) is 4.73. The van der Waals surface area contributed by atoms with Crippen molar-refractivity contribution >= 4 is 40.1 Å². The van der Waals surface area contributed by atoms with Crippen molar-refractivity contribution in [3.8, 4) is 11.5 Å². The number of rotatable bonds is 7. The van der Waals surface area contributed by atoms with Gasteiger partial charge in [0.1, 0.15) is 30.2 Å². The molecular formula is C23H26ClFN4O4. The minimum absolute atomic E-state index is 0.212. The first kappa shape index (κ1) is 24.3. The van der Waals surface area contributed by atoms with Crippen LogP contribution in [-0.2, 0) is 4.74 Å². The van der Waals surface area contributed by atoms with Crippen LogP contribution in [0.2, 0.25) is 5.02 Å². The summed E-state index contributed by atoms with van der Waals surface area (Å²) in [6, 6.07) is 7.73. The van der Waals surface area contributed by atoms with Crippen LogP contribution >= 0.6 is 11.6 Å². The highest BCUT2D eigenvalue weighted by atomic mass is 35.5. The summed E-state index contributed by atoms with van der Waals surface area (Å²) in [7, 11) is 3.15. The van der Waals surface area contributed by atoms with Gasteiger partial charge in [0.25, 0.3) is 0 Å². The molecule has 0 radical (unpaired) electrons. The molecule has 0 spiro atoms. The van der Waals surface area contributed by atoms with Crippen LogP contribution in [0.25, 0.3) is 10.9 Å². The first-order valence-corrected chi connectivity index (χ1v) is 10.6. The number of halogens is 2. The maximum absolute atomic E-state index is 14.2. The molecular weight excluding hydrogens is 451 g/mol. The number of aromatic nitrogens is 2. The molecule has 0 saturated carbocycles. The fraction of sp³-hybridized carbons (Fsp3) is 0.348. The predicted octanol–water partition coefficient (Wildman–Crippen LogP) is 5.42. The van der Waals surface area contributed by atoms with E-state index in [1.807, 2.05) is 20.8 Å². The van der Waals surface area contributed by atoms with Gasteiger partial charge in [0, 0.05) is 23.5 Å². The van der Waals surface area contributed by atoms with Crippen LogP contribution in [0.15, 0.2) is 36.7 Å². The van der Waals surface area contributed by atoms with Crippen LogP contribution in [0.4, 0.5) is 20.7 Å². The van der Waals surface area contributed by atoms with Gasteiger partial charge in [0.15, 0.2) is 11.5 Å². The molecule has 1 amide bonds. The van der Waals surface area contributed by atoms with Gasteiger partial charge in [0.05, 0.1) is 24.9 Å². The largest absolute Gasteiger partial charge is 0.493 e. The molecule has 0 bridgehead atoms. The smallest absolute Gasteiger partial charge is 0.410 e. The van der Waals surface area contributed by atoms with E-state index in [9.17, 15) is 9.18 Å². The summed E-state index contributed by atoms with van der Waals surface area (Å²) < 4.78 is 30.9. The molecule has 3 aromatic rings. The molecule has 0 saturated heterocycles. The minimum Gasteiger partial charge on any atom is -0.493 e. The number of nitrogens with zero attached hydrogens (tertiary/aromatic N) is 3. The van der Waals surface area contributed by atoms with E-state index in [1.165, 1.54) is 30.5 Å². The van der Waals surface area contributed by atoms with Gasteiger partial charge in [-0.3, -0.25) is 0 Å². The van der Waals surface area contributed by atoms with Crippen LogP contribution in [-0.4, -0.2) is 53.9 Å². The molecule has 1 aromatic heterocycles. The van der Waals surface area contributed by atoms with E-state index in [0.717, 1.165) is 0 Å². The van der Waals surface area contributed by atoms with Crippen molar-refractivity contribution < 1.29 is 23.4 Å². The van der Waals surface area contributed by atoms with Crippen LogP contribution in [0.5, 0.6) is 11.5 Å². The number of hydrogen-bond acceptors (Lipinski definition) is 7. The third-order valence-electron chi connectivity index (χ3n) is 4.49. The number of benzene rings is 2. The first-order chi connectivity index (χ1) is 15.6. The van der Waals surface area contributed by atoms with Gasteiger partial charge in [0.2, 0.25) is 0 Å². The zero-order valence-corrected chi connectivity index (χ0v) is 19.9. The van der Waals surface area contributed by atoms with E-state index in [4.69, 9.17) is 25.8 Å². The monoisotopic (exact) mass is 476 g/mol. The van der Waals surface area contributed by atoms with E-state index < -0.39 is 17.5 Å². The Balaban J connectivity index is 1.77. The summed E-state index contributed by atoms with van der Waals surface area (Å²) in [5, 5.41) is 3.87. The molecule has 0 aliphatic rings. The van der Waals surface area contributed by atoms with Crippen molar-refractivity contribution in [2.75, 3.05) is 32.6 Å². The second-order valence-electron chi connectivity index (χ2n) is 8.24. The quantitative estimate of drug-likeness (QED) is 0.487. The summed E-state index contributed by atoms with van der Waals surface area (Å²) in [5.74, 6) is 0.785. The summed E-state index contributed by atoms with van der Waals surface area (Å²) in [4.78, 5) is 22.0.